The number of pyridine rings is 1. The van der Waals surface area contributed by atoms with Crippen LogP contribution in [-0.2, 0) is 26.3 Å². The van der Waals surface area contributed by atoms with Gasteiger partial charge in [-0.25, -0.2) is 14.8 Å². The topological polar surface area (TPSA) is 170 Å². The molecule has 3 aromatic rings. The van der Waals surface area contributed by atoms with Crippen LogP contribution in [0.4, 0.5) is 35.1 Å². The summed E-state index contributed by atoms with van der Waals surface area (Å²) < 4.78 is 134. The third-order valence-electron chi connectivity index (χ3n) is 7.88. The lowest BCUT2D eigenvalue weighted by atomic mass is 9.91. The van der Waals surface area contributed by atoms with Gasteiger partial charge in [0.1, 0.15) is 23.3 Å². The highest BCUT2D eigenvalue weighted by atomic mass is 32.1. The van der Waals surface area contributed by atoms with Crippen molar-refractivity contribution in [3.05, 3.63) is 63.7 Å². The highest BCUT2D eigenvalue weighted by molar-refractivity contribution is 7.11. The van der Waals surface area contributed by atoms with Crippen LogP contribution >= 0.6 is 11.3 Å². The van der Waals surface area contributed by atoms with Gasteiger partial charge in [-0.1, -0.05) is 12.1 Å². The number of aliphatic hydroxyl groups excluding tert-OH is 3. The summed E-state index contributed by atoms with van der Waals surface area (Å²) in [7, 11) is 0.992. The van der Waals surface area contributed by atoms with Crippen LogP contribution in [0.5, 0.6) is 17.4 Å². The third-order valence-corrected chi connectivity index (χ3v) is 9.10. The first-order valence-electron chi connectivity index (χ1n) is 14.8. The normalized spacial score (nSPS) is 23.5. The van der Waals surface area contributed by atoms with Crippen LogP contribution in [0.1, 0.15) is 39.8 Å². The lowest BCUT2D eigenvalue weighted by molar-refractivity contribution is -0.376. The molecule has 1 saturated heterocycles. The van der Waals surface area contributed by atoms with Crippen LogP contribution < -0.4 is 14.2 Å². The van der Waals surface area contributed by atoms with Crippen LogP contribution in [0.3, 0.4) is 0 Å². The largest absolute Gasteiger partial charge is 0.487 e. The zero-order chi connectivity index (χ0) is 37.5. The van der Waals surface area contributed by atoms with Crippen LogP contribution in [0, 0.1) is 0 Å². The number of hydrogen-bond donors (Lipinski definition) is 4. The maximum absolute atomic E-state index is 13.7. The predicted octanol–water partition coefficient (Wildman–Crippen LogP) is 3.73. The number of benzene rings is 1. The number of carbonyl (C=O) groups excluding carboxylic acids is 1. The van der Waals surface area contributed by atoms with Gasteiger partial charge in [0.25, 0.3) is 0 Å². The summed E-state index contributed by atoms with van der Waals surface area (Å²) in [5, 5.41) is 38.8. The number of esters is 1. The average Bonchev–Trinajstić information content (AvgIpc) is 3.75. The van der Waals surface area contributed by atoms with E-state index in [-0.39, 0.29) is 57.2 Å². The number of hydrogen-bond acceptors (Lipinski definition) is 13. The van der Waals surface area contributed by atoms with Crippen LogP contribution in [0.15, 0.2) is 42.7 Å². The van der Waals surface area contributed by atoms with Crippen molar-refractivity contribution in [2.45, 2.75) is 86.6 Å². The second-order valence-electron chi connectivity index (χ2n) is 11.5. The molecule has 51 heavy (non-hydrogen) atoms. The van der Waals surface area contributed by atoms with E-state index >= 15 is 0 Å². The molecule has 21 heteroatoms. The van der Waals surface area contributed by atoms with Gasteiger partial charge in [0.05, 0.1) is 13.2 Å². The minimum absolute atomic E-state index is 0.0704. The van der Waals surface area contributed by atoms with Gasteiger partial charge < -0.3 is 44.1 Å². The molecule has 4 N–H and O–H groups in total. The van der Waals surface area contributed by atoms with Crippen molar-refractivity contribution < 1.29 is 84.0 Å². The Morgan fingerprint density at radius 2 is 1.63 bits per heavy atom. The first kappa shape index (κ1) is 38.3. The number of carbonyl (C=O) groups is 1. The van der Waals surface area contributed by atoms with Crippen LogP contribution in [-0.4, -0.2) is 99.2 Å². The van der Waals surface area contributed by atoms with Crippen molar-refractivity contribution in [1.82, 2.24) is 9.97 Å². The van der Waals surface area contributed by atoms with Crippen molar-refractivity contribution in [2.75, 3.05) is 7.11 Å². The summed E-state index contributed by atoms with van der Waals surface area (Å²) in [4.78, 5) is 19.1. The highest BCUT2D eigenvalue weighted by Crippen LogP contribution is 2.52. The number of rotatable bonds is 12. The minimum Gasteiger partial charge on any atom is -0.487 e. The van der Waals surface area contributed by atoms with E-state index in [1.807, 2.05) is 0 Å². The van der Waals surface area contributed by atoms with E-state index in [1.165, 1.54) is 30.5 Å². The van der Waals surface area contributed by atoms with Gasteiger partial charge in [0.15, 0.2) is 17.6 Å². The van der Waals surface area contributed by atoms with E-state index < -0.39 is 72.2 Å². The van der Waals surface area contributed by atoms with Crippen molar-refractivity contribution in [3.8, 4) is 17.4 Å². The molecule has 2 aromatic heterocycles. The molecule has 2 aliphatic rings. The Kier molecular flexibility index (Phi) is 11.0. The predicted molar refractivity (Wildman–Crippen MR) is 154 cm³/mol. The number of ether oxygens (including phenoxy) is 5. The second-order valence-corrected chi connectivity index (χ2v) is 12.5. The molecule has 0 amide bonds. The molecule has 0 bridgehead atoms. The maximum atomic E-state index is 13.7. The minimum atomic E-state index is -6.20. The lowest BCUT2D eigenvalue weighted by Crippen LogP contribution is -2.61. The number of halogens is 8. The van der Waals surface area contributed by atoms with E-state index in [0.29, 0.717) is 12.8 Å². The molecule has 2 fully saturated rings. The molecular formula is C30H28F8N2O10S. The van der Waals surface area contributed by atoms with Crippen LogP contribution in [0.25, 0.3) is 0 Å². The van der Waals surface area contributed by atoms with Gasteiger partial charge in [0.2, 0.25) is 12.2 Å². The average molecular weight is 761 g/mol. The standard InChI is InChI=1S/C30H28F8N2O10S/c1-46-24(44)23-21(42)20(41)22(43)25(50-23)49-19-7-2-12(10-39-19)8-15(13-3-6-16(48-27(31)32)17(9-13)47-14-4-5-14)18-11-40-26(51-18)28(45,29(33,34)35)30(36,37)38/h2-3,6-7,9-11,14-15,20-23,25,27,41-43,45H,4-5,8H2,1H3/t15-,20?,21-,22-,23?,25+/m0/s1. The molecule has 0 radical (unpaired) electrons. The Labute approximate surface area is 286 Å². The zero-order valence-electron chi connectivity index (χ0n) is 25.8. The summed E-state index contributed by atoms with van der Waals surface area (Å²) >= 11 is -0.0704. The maximum Gasteiger partial charge on any atom is 0.433 e. The number of thiazole rings is 1. The summed E-state index contributed by atoms with van der Waals surface area (Å²) in [6.45, 7) is -3.24. The van der Waals surface area contributed by atoms with E-state index in [4.69, 9.17) is 14.2 Å². The second kappa shape index (κ2) is 14.6. The smallest absolute Gasteiger partial charge is 0.433 e. The molecule has 1 aliphatic carbocycles. The Morgan fingerprint density at radius 3 is 2.20 bits per heavy atom. The fourth-order valence-electron chi connectivity index (χ4n) is 5.01. The van der Waals surface area contributed by atoms with Crippen LogP contribution in [0.2, 0.25) is 0 Å². The molecule has 280 valence electrons. The number of methoxy groups -OCH3 is 1. The van der Waals surface area contributed by atoms with Gasteiger partial charge in [-0.05, 0) is 42.5 Å². The number of aliphatic hydroxyl groups is 4. The first-order valence-corrected chi connectivity index (χ1v) is 15.6. The summed E-state index contributed by atoms with van der Waals surface area (Å²) in [6, 6.07) is 6.20. The van der Waals surface area contributed by atoms with Gasteiger partial charge in [-0.2, -0.15) is 35.1 Å². The number of aromatic nitrogens is 2. The SMILES string of the molecule is COC(=O)C1O[C@@H](Oc2ccc(C[C@@H](c3ccc(OC(F)F)c(OC4CC4)c3)c3cnc(C(O)(C(F)(F)F)C(F)(F)F)s3)cn2)[C@@H](O)C(O)[C@@H]1O. The zero-order valence-corrected chi connectivity index (χ0v) is 26.7. The summed E-state index contributed by atoms with van der Waals surface area (Å²) in [5.41, 5.74) is -4.84. The van der Waals surface area contributed by atoms with Gasteiger partial charge in [-0.3, -0.25) is 0 Å². The van der Waals surface area contributed by atoms with Gasteiger partial charge in [0, 0.05) is 29.3 Å². The molecule has 0 spiro atoms. The van der Waals surface area contributed by atoms with Crippen molar-refractivity contribution in [1.29, 1.82) is 0 Å². The molecule has 2 unspecified atom stereocenters. The van der Waals surface area contributed by atoms with E-state index in [0.717, 1.165) is 19.4 Å². The highest BCUT2D eigenvalue weighted by Gasteiger charge is 2.73. The first-order chi connectivity index (χ1) is 23.8. The van der Waals surface area contributed by atoms with Crippen molar-refractivity contribution >= 4 is 17.3 Å². The number of nitrogens with zero attached hydrogens (tertiary/aromatic N) is 2. The summed E-state index contributed by atoms with van der Waals surface area (Å²) in [5.74, 6) is -2.97. The van der Waals surface area contributed by atoms with E-state index in [1.54, 1.807) is 0 Å². The molecule has 6 atom stereocenters. The molecule has 1 saturated carbocycles. The molecular weight excluding hydrogens is 732 g/mol. The molecule has 1 aliphatic heterocycles. The molecule has 1 aromatic carbocycles. The molecule has 5 rings (SSSR count). The Balaban J connectivity index is 1.47. The fraction of sp³-hybridized carbons (Fsp3) is 0.500. The van der Waals surface area contributed by atoms with E-state index in [2.05, 4.69) is 19.4 Å². The van der Waals surface area contributed by atoms with Gasteiger partial charge in [-0.15, -0.1) is 11.3 Å². The number of alkyl halides is 8. The molecule has 3 heterocycles. The lowest BCUT2D eigenvalue weighted by Gasteiger charge is -2.38. The monoisotopic (exact) mass is 760 g/mol. The Hall–Kier alpha value is -3.89. The molecule has 12 nitrogen and oxygen atoms in total. The fourth-order valence-corrected chi connectivity index (χ4v) is 6.18. The summed E-state index contributed by atoms with van der Waals surface area (Å²) in [6.07, 6.45) is -18.9. The quantitative estimate of drug-likeness (QED) is 0.156. The Morgan fingerprint density at radius 1 is 0.941 bits per heavy atom. The van der Waals surface area contributed by atoms with E-state index in [9.17, 15) is 60.3 Å². The van der Waals surface area contributed by atoms with Crippen molar-refractivity contribution in [3.63, 3.8) is 0 Å². The van der Waals surface area contributed by atoms with Crippen molar-refractivity contribution in [2.24, 2.45) is 0 Å². The van der Waals surface area contributed by atoms with Gasteiger partial charge >= 0.3 is 30.5 Å². The Bertz CT molecular complexity index is 1660. The third kappa shape index (κ3) is 8.12.